The molecule has 3 aromatic rings. The van der Waals surface area contributed by atoms with Crippen molar-refractivity contribution in [1.82, 2.24) is 10.3 Å². The van der Waals surface area contributed by atoms with Crippen molar-refractivity contribution in [2.24, 2.45) is 0 Å². The van der Waals surface area contributed by atoms with E-state index in [0.717, 1.165) is 30.4 Å². The zero-order chi connectivity index (χ0) is 27.1. The van der Waals surface area contributed by atoms with Crippen LogP contribution in [0.3, 0.4) is 0 Å². The molecule has 4 rings (SSSR count). The third kappa shape index (κ3) is 6.56. The van der Waals surface area contributed by atoms with E-state index in [1.165, 1.54) is 41.4 Å². The molecule has 1 atom stereocenters. The average molecular weight is 514 g/mol. The zero-order valence-electron chi connectivity index (χ0n) is 21.3. The molecule has 8 heteroatoms. The van der Waals surface area contributed by atoms with Crippen LogP contribution in [0, 0.1) is 17.7 Å². The number of carbonyl (C=O) groups is 2. The maximum atomic E-state index is 13.2. The van der Waals surface area contributed by atoms with Gasteiger partial charge in [-0.3, -0.25) is 14.6 Å². The zero-order valence-corrected chi connectivity index (χ0v) is 21.3. The Morgan fingerprint density at radius 1 is 1.21 bits per heavy atom. The Hall–Kier alpha value is -4.64. The monoisotopic (exact) mass is 513 g/mol. The summed E-state index contributed by atoms with van der Waals surface area (Å²) < 4.78 is 24.7. The summed E-state index contributed by atoms with van der Waals surface area (Å²) in [5.74, 6) is 6.16. The number of aromatic nitrogens is 1. The minimum Gasteiger partial charge on any atom is -0.489 e. The summed E-state index contributed by atoms with van der Waals surface area (Å²) >= 11 is 0. The molecule has 0 unspecified atom stereocenters. The molecule has 1 N–H and O–H groups in total. The molecule has 2 amide bonds. The van der Waals surface area contributed by atoms with Gasteiger partial charge < -0.3 is 19.7 Å². The highest BCUT2D eigenvalue weighted by atomic mass is 19.1. The fourth-order valence-electron chi connectivity index (χ4n) is 3.76. The number of allylic oxidation sites excluding steroid dienone is 1. The van der Waals surface area contributed by atoms with Gasteiger partial charge in [-0.1, -0.05) is 31.8 Å². The summed E-state index contributed by atoms with van der Waals surface area (Å²) in [6.07, 6.45) is 4.39. The molecule has 0 saturated heterocycles. The van der Waals surface area contributed by atoms with Gasteiger partial charge in [0, 0.05) is 24.9 Å². The topological polar surface area (TPSA) is 80.8 Å². The maximum absolute atomic E-state index is 13.2. The summed E-state index contributed by atoms with van der Waals surface area (Å²) in [5, 5.41) is 2.70. The first kappa shape index (κ1) is 26.4. The Bertz CT molecular complexity index is 1410. The molecule has 1 aromatic heterocycles. The van der Waals surface area contributed by atoms with Crippen molar-refractivity contribution in [3.05, 3.63) is 90.0 Å². The quantitative estimate of drug-likeness (QED) is 0.436. The van der Waals surface area contributed by atoms with Crippen molar-refractivity contribution in [2.45, 2.75) is 32.2 Å². The molecule has 0 saturated carbocycles. The van der Waals surface area contributed by atoms with E-state index in [-0.39, 0.29) is 24.0 Å². The molecule has 2 heterocycles. The van der Waals surface area contributed by atoms with Crippen LogP contribution in [0.5, 0.6) is 17.2 Å². The van der Waals surface area contributed by atoms with Crippen molar-refractivity contribution < 1.29 is 23.5 Å². The van der Waals surface area contributed by atoms with Crippen LogP contribution in [0.4, 0.5) is 10.1 Å². The van der Waals surface area contributed by atoms with Crippen LogP contribution >= 0.6 is 0 Å². The lowest BCUT2D eigenvalue weighted by molar-refractivity contribution is -0.120. The standard InChI is InChI=1S/C30H28FN3O4/c1-4-5-6-20(2)7-8-21-9-14-28-27(17-21)34(3)30(36)26(19-37-28)33-29(35)25-18-24(15-16-32-25)38-23-12-10-22(31)11-13-23/h9-18,26H,2,4-6,19H2,1,3H3,(H,33,35)/t26-/m0/s1. The molecule has 1 aliphatic heterocycles. The normalized spacial score (nSPS) is 14.3. The SMILES string of the molecule is C=C(C#Cc1ccc2c(c1)N(C)C(=O)[C@@H](NC(=O)c1cc(Oc3ccc(F)cc3)ccn1)CO2)CCCC. The molecule has 1 aliphatic rings. The number of pyridine rings is 1. The van der Waals surface area contributed by atoms with Gasteiger partial charge in [-0.2, -0.15) is 0 Å². The molecule has 0 aliphatic carbocycles. The van der Waals surface area contributed by atoms with E-state index in [4.69, 9.17) is 9.47 Å². The fraction of sp³-hybridized carbons (Fsp3) is 0.233. The lowest BCUT2D eigenvalue weighted by Crippen LogP contribution is -2.49. The van der Waals surface area contributed by atoms with Crippen LogP contribution in [0.2, 0.25) is 0 Å². The molecule has 0 spiro atoms. The molecule has 0 fully saturated rings. The molecule has 38 heavy (non-hydrogen) atoms. The average Bonchev–Trinajstić information content (AvgIpc) is 3.04. The first-order valence-corrected chi connectivity index (χ1v) is 12.3. The number of nitrogens with zero attached hydrogens (tertiary/aromatic N) is 2. The Kier molecular flexibility index (Phi) is 8.39. The number of nitrogens with one attached hydrogen (secondary N) is 1. The molecule has 0 bridgehead atoms. The minimum absolute atomic E-state index is 0.0491. The van der Waals surface area contributed by atoms with Gasteiger partial charge in [-0.25, -0.2) is 4.39 Å². The van der Waals surface area contributed by atoms with E-state index >= 15 is 0 Å². The Morgan fingerprint density at radius 3 is 2.76 bits per heavy atom. The number of carbonyl (C=O) groups excluding carboxylic acids is 2. The van der Waals surface area contributed by atoms with Gasteiger partial charge in [0.25, 0.3) is 11.8 Å². The number of unbranched alkanes of at least 4 members (excludes halogenated alkanes) is 1. The molecule has 194 valence electrons. The molecular formula is C30H28FN3O4. The first-order valence-electron chi connectivity index (χ1n) is 12.3. The lowest BCUT2D eigenvalue weighted by atomic mass is 10.1. The Labute approximate surface area is 221 Å². The Morgan fingerprint density at radius 2 is 2.00 bits per heavy atom. The van der Waals surface area contributed by atoms with Crippen LogP contribution in [-0.2, 0) is 4.79 Å². The number of rotatable bonds is 7. The highest BCUT2D eigenvalue weighted by Crippen LogP contribution is 2.31. The van der Waals surface area contributed by atoms with Crippen LogP contribution in [0.1, 0.15) is 42.2 Å². The van der Waals surface area contributed by atoms with Gasteiger partial charge in [-0.15, -0.1) is 0 Å². The van der Waals surface area contributed by atoms with Gasteiger partial charge in [0.1, 0.15) is 41.4 Å². The predicted octanol–water partition coefficient (Wildman–Crippen LogP) is 5.26. The number of halogens is 1. The molecule has 0 radical (unpaired) electrons. The van der Waals surface area contributed by atoms with E-state index in [1.807, 2.05) is 6.07 Å². The number of fused-ring (bicyclic) bond motifs is 1. The summed E-state index contributed by atoms with van der Waals surface area (Å²) in [4.78, 5) is 31.7. The third-order valence-corrected chi connectivity index (χ3v) is 5.89. The number of benzene rings is 2. The minimum atomic E-state index is -0.938. The van der Waals surface area contributed by atoms with Crippen LogP contribution in [0.25, 0.3) is 0 Å². The van der Waals surface area contributed by atoms with Crippen molar-refractivity contribution >= 4 is 17.5 Å². The van der Waals surface area contributed by atoms with Crippen molar-refractivity contribution in [1.29, 1.82) is 0 Å². The second-order valence-corrected chi connectivity index (χ2v) is 8.81. The van der Waals surface area contributed by atoms with Crippen molar-refractivity contribution in [3.8, 4) is 29.1 Å². The number of anilines is 1. The van der Waals surface area contributed by atoms with Crippen molar-refractivity contribution in [3.63, 3.8) is 0 Å². The molecule has 7 nitrogen and oxygen atoms in total. The third-order valence-electron chi connectivity index (χ3n) is 5.89. The summed E-state index contributed by atoms with van der Waals surface area (Å²) in [6.45, 7) is 6.07. The number of ether oxygens (including phenoxy) is 2. The number of hydrogen-bond acceptors (Lipinski definition) is 5. The van der Waals surface area contributed by atoms with E-state index in [9.17, 15) is 14.0 Å². The van der Waals surface area contributed by atoms with E-state index in [0.29, 0.717) is 22.9 Å². The van der Waals surface area contributed by atoms with Gasteiger partial charge in [0.05, 0.1) is 5.69 Å². The highest BCUT2D eigenvalue weighted by Gasteiger charge is 2.31. The molecular weight excluding hydrogens is 485 g/mol. The summed E-state index contributed by atoms with van der Waals surface area (Å²) in [6, 6.07) is 13.0. The lowest BCUT2D eigenvalue weighted by Gasteiger charge is -2.20. The van der Waals surface area contributed by atoms with Crippen LogP contribution in [0.15, 0.2) is 72.9 Å². The fourth-order valence-corrected chi connectivity index (χ4v) is 3.76. The van der Waals surface area contributed by atoms with Crippen LogP contribution in [-0.4, -0.2) is 36.5 Å². The second-order valence-electron chi connectivity index (χ2n) is 8.81. The van der Waals surface area contributed by atoms with Gasteiger partial charge >= 0.3 is 0 Å². The number of hydrogen-bond donors (Lipinski definition) is 1. The smallest absolute Gasteiger partial charge is 0.270 e. The van der Waals surface area contributed by atoms with E-state index < -0.39 is 11.9 Å². The van der Waals surface area contributed by atoms with Gasteiger partial charge in [0.2, 0.25) is 0 Å². The van der Waals surface area contributed by atoms with Gasteiger partial charge in [0.15, 0.2) is 0 Å². The first-order chi connectivity index (χ1) is 18.3. The van der Waals surface area contributed by atoms with E-state index in [2.05, 4.69) is 35.6 Å². The van der Waals surface area contributed by atoms with E-state index in [1.54, 1.807) is 25.2 Å². The number of amides is 2. The summed E-state index contributed by atoms with van der Waals surface area (Å²) in [5.41, 5.74) is 2.22. The van der Waals surface area contributed by atoms with Gasteiger partial charge in [-0.05, 0) is 66.9 Å². The summed E-state index contributed by atoms with van der Waals surface area (Å²) in [7, 11) is 1.63. The maximum Gasteiger partial charge on any atom is 0.270 e. The Balaban J connectivity index is 1.44. The molecule has 2 aromatic carbocycles. The predicted molar refractivity (Wildman–Crippen MR) is 143 cm³/mol. The second kappa shape index (κ2) is 12.1. The largest absolute Gasteiger partial charge is 0.489 e. The van der Waals surface area contributed by atoms with Crippen LogP contribution < -0.4 is 19.7 Å². The van der Waals surface area contributed by atoms with Crippen molar-refractivity contribution in [2.75, 3.05) is 18.6 Å². The highest BCUT2D eigenvalue weighted by molar-refractivity contribution is 6.03. The number of likely N-dealkylation sites (N-methyl/N-ethyl adjacent to an activating group) is 1.